The highest BCUT2D eigenvalue weighted by Crippen LogP contribution is 2.48. The molecular formula is C14H17N3O2. The Morgan fingerprint density at radius 2 is 2.32 bits per heavy atom. The largest absolute Gasteiger partial charge is 0.465 e. The number of nitrogens with one attached hydrogen (secondary N) is 1. The van der Waals surface area contributed by atoms with Crippen LogP contribution < -0.4 is 11.1 Å². The summed E-state index contributed by atoms with van der Waals surface area (Å²) in [6, 6.07) is 7.21. The van der Waals surface area contributed by atoms with Crippen molar-refractivity contribution in [2.45, 2.75) is 19.3 Å². The Morgan fingerprint density at radius 1 is 1.58 bits per heavy atom. The molecule has 1 aliphatic carbocycles. The number of methoxy groups -OCH3 is 1. The van der Waals surface area contributed by atoms with Crippen LogP contribution in [0.4, 0.5) is 11.4 Å². The first-order chi connectivity index (χ1) is 9.10. The van der Waals surface area contributed by atoms with Crippen LogP contribution in [0.3, 0.4) is 0 Å². The molecule has 0 heterocycles. The molecule has 0 atom stereocenters. The number of carbonyl (C=O) groups excluding carboxylic acids is 1. The van der Waals surface area contributed by atoms with E-state index in [0.29, 0.717) is 29.9 Å². The Morgan fingerprint density at radius 3 is 2.89 bits per heavy atom. The number of nitriles is 1. The molecule has 0 aromatic heterocycles. The maximum atomic E-state index is 11.5. The zero-order valence-corrected chi connectivity index (χ0v) is 10.9. The lowest BCUT2D eigenvalue weighted by atomic mass is 10.0. The molecule has 1 saturated carbocycles. The Bertz CT molecular complexity index is 530. The predicted molar refractivity (Wildman–Crippen MR) is 72.6 cm³/mol. The van der Waals surface area contributed by atoms with Crippen molar-refractivity contribution in [3.63, 3.8) is 0 Å². The standard InChI is InChI=1S/C14H17N3O2/c1-19-13(18)10-2-3-11(16)12(8-10)17-9-14(4-5-14)6-7-15/h2-3,8,17H,4-6,9,16H2,1H3. The summed E-state index contributed by atoms with van der Waals surface area (Å²) in [5, 5.41) is 12.0. The third kappa shape index (κ3) is 2.97. The number of ether oxygens (including phenoxy) is 1. The number of nitrogens with zero attached hydrogens (tertiary/aromatic N) is 1. The third-order valence-electron chi connectivity index (χ3n) is 3.54. The molecule has 0 radical (unpaired) electrons. The van der Waals surface area contributed by atoms with E-state index in [1.807, 2.05) is 0 Å². The van der Waals surface area contributed by atoms with Gasteiger partial charge in [0.2, 0.25) is 0 Å². The first-order valence-corrected chi connectivity index (χ1v) is 6.19. The Kier molecular flexibility index (Phi) is 3.61. The van der Waals surface area contributed by atoms with E-state index in [0.717, 1.165) is 12.8 Å². The van der Waals surface area contributed by atoms with E-state index in [1.165, 1.54) is 7.11 Å². The molecule has 0 aliphatic heterocycles. The van der Waals surface area contributed by atoms with Crippen molar-refractivity contribution < 1.29 is 9.53 Å². The maximum Gasteiger partial charge on any atom is 0.337 e. The molecule has 2 rings (SSSR count). The van der Waals surface area contributed by atoms with Gasteiger partial charge in [-0.1, -0.05) is 0 Å². The van der Waals surface area contributed by atoms with Crippen molar-refractivity contribution in [2.24, 2.45) is 5.41 Å². The van der Waals surface area contributed by atoms with Crippen LogP contribution in [0.15, 0.2) is 18.2 Å². The van der Waals surface area contributed by atoms with Gasteiger partial charge < -0.3 is 15.8 Å². The van der Waals surface area contributed by atoms with Gasteiger partial charge in [0.25, 0.3) is 0 Å². The van der Waals surface area contributed by atoms with E-state index in [9.17, 15) is 4.79 Å². The second kappa shape index (κ2) is 5.19. The van der Waals surface area contributed by atoms with Crippen LogP contribution in [0.2, 0.25) is 0 Å². The number of nitrogen functional groups attached to an aromatic ring is 1. The van der Waals surface area contributed by atoms with Crippen LogP contribution in [0.1, 0.15) is 29.6 Å². The second-order valence-electron chi connectivity index (χ2n) is 4.98. The first-order valence-electron chi connectivity index (χ1n) is 6.19. The quantitative estimate of drug-likeness (QED) is 0.625. The molecule has 0 saturated heterocycles. The first kappa shape index (κ1) is 13.2. The van der Waals surface area contributed by atoms with Crippen LogP contribution >= 0.6 is 0 Å². The molecule has 1 aromatic rings. The molecule has 100 valence electrons. The SMILES string of the molecule is COC(=O)c1ccc(N)c(NCC2(CC#N)CC2)c1. The minimum atomic E-state index is -0.388. The van der Waals surface area contributed by atoms with Crippen LogP contribution in [-0.2, 0) is 4.74 Å². The number of hydrogen-bond acceptors (Lipinski definition) is 5. The highest BCUT2D eigenvalue weighted by molar-refractivity contribution is 5.91. The van der Waals surface area contributed by atoms with Crippen molar-refractivity contribution in [2.75, 3.05) is 24.7 Å². The van der Waals surface area contributed by atoms with Crippen molar-refractivity contribution in [1.29, 1.82) is 5.26 Å². The van der Waals surface area contributed by atoms with Crippen molar-refractivity contribution in [1.82, 2.24) is 0 Å². The highest BCUT2D eigenvalue weighted by atomic mass is 16.5. The average Bonchev–Trinajstić information content (AvgIpc) is 3.17. The van der Waals surface area contributed by atoms with Crippen molar-refractivity contribution >= 4 is 17.3 Å². The lowest BCUT2D eigenvalue weighted by Gasteiger charge is -2.15. The van der Waals surface area contributed by atoms with E-state index < -0.39 is 0 Å². The summed E-state index contributed by atoms with van der Waals surface area (Å²) in [5.74, 6) is -0.388. The van der Waals surface area contributed by atoms with Gasteiger partial charge in [0.1, 0.15) is 0 Å². The van der Waals surface area contributed by atoms with Crippen LogP contribution in [-0.4, -0.2) is 19.6 Å². The number of nitrogens with two attached hydrogens (primary N) is 1. The number of esters is 1. The molecule has 1 aromatic carbocycles. The fraction of sp³-hybridized carbons (Fsp3) is 0.429. The number of rotatable bonds is 5. The molecule has 0 amide bonds. The molecular weight excluding hydrogens is 242 g/mol. The zero-order chi connectivity index (χ0) is 13.9. The summed E-state index contributed by atoms with van der Waals surface area (Å²) in [7, 11) is 1.35. The van der Waals surface area contributed by atoms with Gasteiger partial charge in [-0.15, -0.1) is 0 Å². The molecule has 0 bridgehead atoms. The molecule has 19 heavy (non-hydrogen) atoms. The fourth-order valence-corrected chi connectivity index (χ4v) is 2.00. The Hall–Kier alpha value is -2.22. The van der Waals surface area contributed by atoms with E-state index >= 15 is 0 Å². The van der Waals surface area contributed by atoms with Crippen LogP contribution in [0.5, 0.6) is 0 Å². The van der Waals surface area contributed by atoms with Crippen molar-refractivity contribution in [3.05, 3.63) is 23.8 Å². The second-order valence-corrected chi connectivity index (χ2v) is 4.98. The molecule has 0 unspecified atom stereocenters. The van der Waals surface area contributed by atoms with Gasteiger partial charge in [0.05, 0.1) is 30.1 Å². The van der Waals surface area contributed by atoms with Gasteiger partial charge in [0, 0.05) is 18.4 Å². The molecule has 1 fully saturated rings. The van der Waals surface area contributed by atoms with E-state index in [1.54, 1.807) is 18.2 Å². The number of anilines is 2. The Balaban J connectivity index is 2.07. The van der Waals surface area contributed by atoms with Gasteiger partial charge >= 0.3 is 5.97 Å². The summed E-state index contributed by atoms with van der Waals surface area (Å²) in [5.41, 5.74) is 7.72. The van der Waals surface area contributed by atoms with E-state index in [-0.39, 0.29) is 11.4 Å². The molecule has 0 spiro atoms. The summed E-state index contributed by atoms with van der Waals surface area (Å²) in [6.07, 6.45) is 2.67. The van der Waals surface area contributed by atoms with Crippen LogP contribution in [0, 0.1) is 16.7 Å². The molecule has 3 N–H and O–H groups in total. The third-order valence-corrected chi connectivity index (χ3v) is 3.54. The fourth-order valence-electron chi connectivity index (χ4n) is 2.00. The minimum Gasteiger partial charge on any atom is -0.465 e. The van der Waals surface area contributed by atoms with Gasteiger partial charge in [-0.25, -0.2) is 4.79 Å². The highest BCUT2D eigenvalue weighted by Gasteiger charge is 2.42. The monoisotopic (exact) mass is 259 g/mol. The van der Waals surface area contributed by atoms with Crippen molar-refractivity contribution in [3.8, 4) is 6.07 Å². The van der Waals surface area contributed by atoms with E-state index in [2.05, 4.69) is 16.1 Å². The smallest absolute Gasteiger partial charge is 0.337 e. The van der Waals surface area contributed by atoms with Gasteiger partial charge in [-0.2, -0.15) is 5.26 Å². The van der Waals surface area contributed by atoms with Crippen LogP contribution in [0.25, 0.3) is 0 Å². The summed E-state index contributed by atoms with van der Waals surface area (Å²) in [4.78, 5) is 11.5. The lowest BCUT2D eigenvalue weighted by Crippen LogP contribution is -2.16. The summed E-state index contributed by atoms with van der Waals surface area (Å²) >= 11 is 0. The van der Waals surface area contributed by atoms with Gasteiger partial charge in [-0.3, -0.25) is 0 Å². The summed E-state index contributed by atoms with van der Waals surface area (Å²) in [6.45, 7) is 0.704. The topological polar surface area (TPSA) is 88.1 Å². The number of carbonyl (C=O) groups is 1. The number of benzene rings is 1. The zero-order valence-electron chi connectivity index (χ0n) is 10.9. The molecule has 1 aliphatic rings. The Labute approximate surface area is 112 Å². The van der Waals surface area contributed by atoms with Gasteiger partial charge in [-0.05, 0) is 31.0 Å². The molecule has 5 heteroatoms. The van der Waals surface area contributed by atoms with E-state index in [4.69, 9.17) is 11.0 Å². The normalized spacial score (nSPS) is 15.4. The maximum absolute atomic E-state index is 11.5. The average molecular weight is 259 g/mol. The van der Waals surface area contributed by atoms with Gasteiger partial charge in [0.15, 0.2) is 0 Å². The minimum absolute atomic E-state index is 0.0858. The summed E-state index contributed by atoms with van der Waals surface area (Å²) < 4.78 is 4.68. The predicted octanol–water partition coefficient (Wildman–Crippen LogP) is 2.16. The lowest BCUT2D eigenvalue weighted by molar-refractivity contribution is 0.0601. The molecule has 5 nitrogen and oxygen atoms in total. The number of hydrogen-bond donors (Lipinski definition) is 2.